The highest BCUT2D eigenvalue weighted by Gasteiger charge is 2.21. The fourth-order valence-electron chi connectivity index (χ4n) is 1.79. The first-order valence-electron chi connectivity index (χ1n) is 5.92. The molecular weight excluding hydrogens is 299 g/mol. The molecule has 0 saturated carbocycles. The molecule has 1 heterocycles. The number of rotatable bonds is 4. The average molecular weight is 314 g/mol. The molecule has 0 saturated heterocycles. The number of benzene rings is 1. The summed E-state index contributed by atoms with van der Waals surface area (Å²) in [5.74, 6) is -0.597. The third kappa shape index (κ3) is 3.00. The Bertz CT molecular complexity index is 739. The topological polar surface area (TPSA) is 72.2 Å². The molecule has 2 aromatic rings. The zero-order chi connectivity index (χ0) is 14.9. The number of nitrogens with one attached hydrogen (secondary N) is 1. The van der Waals surface area contributed by atoms with E-state index in [1.807, 2.05) is 0 Å². The van der Waals surface area contributed by atoms with E-state index in [9.17, 15) is 12.8 Å². The lowest BCUT2D eigenvalue weighted by atomic mass is 10.2. The largest absolute Gasteiger partial charge is 0.326 e. The molecular formula is C13H15FN2O2S2. The standard InChI is InChI=1S/C13H15FN2O2S2/c1-8-3-4-12(11(14)5-8)16-20(17,18)13-6-10(7-15)19-9(13)2/h3-6,16H,7,15H2,1-2H3. The van der Waals surface area contributed by atoms with Gasteiger partial charge < -0.3 is 5.73 Å². The van der Waals surface area contributed by atoms with Crippen LogP contribution < -0.4 is 10.5 Å². The minimum atomic E-state index is -3.80. The molecule has 0 aliphatic heterocycles. The number of hydrogen-bond acceptors (Lipinski definition) is 4. The van der Waals surface area contributed by atoms with Crippen LogP contribution in [0, 0.1) is 19.7 Å². The summed E-state index contributed by atoms with van der Waals surface area (Å²) >= 11 is 1.32. The van der Waals surface area contributed by atoms with Crippen molar-refractivity contribution in [2.75, 3.05) is 4.72 Å². The second-order valence-corrected chi connectivity index (χ2v) is 7.42. The van der Waals surface area contributed by atoms with Crippen molar-refractivity contribution in [2.24, 2.45) is 5.73 Å². The number of anilines is 1. The van der Waals surface area contributed by atoms with E-state index in [4.69, 9.17) is 5.73 Å². The summed E-state index contributed by atoms with van der Waals surface area (Å²) in [5, 5.41) is 0. The van der Waals surface area contributed by atoms with Crippen LogP contribution in [0.2, 0.25) is 0 Å². The van der Waals surface area contributed by atoms with Crippen molar-refractivity contribution in [1.82, 2.24) is 0 Å². The van der Waals surface area contributed by atoms with E-state index < -0.39 is 15.8 Å². The van der Waals surface area contributed by atoms with Gasteiger partial charge in [-0.15, -0.1) is 11.3 Å². The predicted octanol–water partition coefficient (Wildman–Crippen LogP) is 2.76. The third-order valence-corrected chi connectivity index (χ3v) is 5.48. The highest BCUT2D eigenvalue weighted by molar-refractivity contribution is 7.93. The van der Waals surface area contributed by atoms with Crippen LogP contribution in [0.3, 0.4) is 0 Å². The minimum absolute atomic E-state index is 0.0597. The summed E-state index contributed by atoms with van der Waals surface area (Å²) in [6, 6.07) is 5.86. The number of halogens is 1. The Morgan fingerprint density at radius 2 is 2.00 bits per heavy atom. The Kier molecular flexibility index (Phi) is 4.12. The molecule has 1 aromatic carbocycles. The van der Waals surface area contributed by atoms with Crippen molar-refractivity contribution in [2.45, 2.75) is 25.3 Å². The number of aryl methyl sites for hydroxylation is 2. The van der Waals surface area contributed by atoms with Gasteiger partial charge in [0.15, 0.2) is 0 Å². The van der Waals surface area contributed by atoms with Gasteiger partial charge in [-0.3, -0.25) is 4.72 Å². The summed E-state index contributed by atoms with van der Waals surface area (Å²) in [5.41, 5.74) is 6.17. The summed E-state index contributed by atoms with van der Waals surface area (Å²) in [6.45, 7) is 3.71. The van der Waals surface area contributed by atoms with Gasteiger partial charge in [0.25, 0.3) is 10.0 Å². The monoisotopic (exact) mass is 314 g/mol. The van der Waals surface area contributed by atoms with Gasteiger partial charge in [-0.25, -0.2) is 12.8 Å². The zero-order valence-corrected chi connectivity index (χ0v) is 12.7. The van der Waals surface area contributed by atoms with Crippen LogP contribution >= 0.6 is 11.3 Å². The first-order valence-corrected chi connectivity index (χ1v) is 8.22. The number of nitrogens with two attached hydrogens (primary N) is 1. The Balaban J connectivity index is 2.38. The highest BCUT2D eigenvalue weighted by Crippen LogP contribution is 2.28. The van der Waals surface area contributed by atoms with Crippen LogP contribution in [0.5, 0.6) is 0 Å². The van der Waals surface area contributed by atoms with Crippen molar-refractivity contribution in [3.05, 3.63) is 45.4 Å². The molecule has 0 fully saturated rings. The van der Waals surface area contributed by atoms with Gasteiger partial charge in [-0.05, 0) is 37.6 Å². The smallest absolute Gasteiger partial charge is 0.263 e. The summed E-state index contributed by atoms with van der Waals surface area (Å²) in [7, 11) is -3.80. The van der Waals surface area contributed by atoms with Crippen molar-refractivity contribution < 1.29 is 12.8 Å². The highest BCUT2D eigenvalue weighted by atomic mass is 32.2. The van der Waals surface area contributed by atoms with Crippen LogP contribution in [0.4, 0.5) is 10.1 Å². The van der Waals surface area contributed by atoms with Gasteiger partial charge in [-0.2, -0.15) is 0 Å². The van der Waals surface area contributed by atoms with Gasteiger partial charge in [0.2, 0.25) is 0 Å². The van der Waals surface area contributed by atoms with Crippen LogP contribution in [0.25, 0.3) is 0 Å². The fraction of sp³-hybridized carbons (Fsp3) is 0.231. The van der Waals surface area contributed by atoms with Gasteiger partial charge >= 0.3 is 0 Å². The van der Waals surface area contributed by atoms with Crippen LogP contribution in [-0.2, 0) is 16.6 Å². The van der Waals surface area contributed by atoms with Crippen molar-refractivity contribution in [3.8, 4) is 0 Å². The summed E-state index contributed by atoms with van der Waals surface area (Å²) in [6.07, 6.45) is 0. The Labute approximate surface area is 121 Å². The molecule has 4 nitrogen and oxygen atoms in total. The van der Waals surface area contributed by atoms with E-state index in [0.717, 1.165) is 10.4 Å². The molecule has 0 bridgehead atoms. The molecule has 0 spiro atoms. The third-order valence-electron chi connectivity index (χ3n) is 2.78. The minimum Gasteiger partial charge on any atom is -0.326 e. The molecule has 1 aromatic heterocycles. The number of sulfonamides is 1. The Hall–Kier alpha value is -1.44. The predicted molar refractivity (Wildman–Crippen MR) is 78.9 cm³/mol. The van der Waals surface area contributed by atoms with E-state index in [1.165, 1.54) is 29.5 Å². The molecule has 0 aliphatic carbocycles. The number of thiophene rings is 1. The van der Waals surface area contributed by atoms with Crippen molar-refractivity contribution in [1.29, 1.82) is 0 Å². The van der Waals surface area contributed by atoms with E-state index in [-0.39, 0.29) is 17.1 Å². The second kappa shape index (κ2) is 5.51. The first-order chi connectivity index (χ1) is 9.33. The molecule has 3 N–H and O–H groups in total. The van der Waals surface area contributed by atoms with Gasteiger partial charge in [0.1, 0.15) is 10.7 Å². The molecule has 2 rings (SSSR count). The van der Waals surface area contributed by atoms with Crippen LogP contribution in [0.15, 0.2) is 29.2 Å². The maximum atomic E-state index is 13.7. The van der Waals surface area contributed by atoms with Crippen LogP contribution in [-0.4, -0.2) is 8.42 Å². The molecule has 0 amide bonds. The lowest BCUT2D eigenvalue weighted by molar-refractivity contribution is 0.598. The molecule has 0 radical (unpaired) electrons. The first kappa shape index (κ1) is 15.0. The average Bonchev–Trinajstić information content (AvgIpc) is 2.75. The molecule has 20 heavy (non-hydrogen) atoms. The van der Waals surface area contributed by atoms with E-state index in [0.29, 0.717) is 4.88 Å². The maximum absolute atomic E-state index is 13.7. The van der Waals surface area contributed by atoms with Crippen LogP contribution in [0.1, 0.15) is 15.3 Å². The lowest BCUT2D eigenvalue weighted by Gasteiger charge is -2.09. The number of hydrogen-bond donors (Lipinski definition) is 2. The Morgan fingerprint density at radius 3 is 2.55 bits per heavy atom. The van der Waals surface area contributed by atoms with Gasteiger partial charge in [0.05, 0.1) is 5.69 Å². The van der Waals surface area contributed by atoms with E-state index in [1.54, 1.807) is 19.9 Å². The normalized spacial score (nSPS) is 11.6. The van der Waals surface area contributed by atoms with Gasteiger partial charge in [-0.1, -0.05) is 6.07 Å². The Morgan fingerprint density at radius 1 is 1.30 bits per heavy atom. The fourth-order valence-corrected chi connectivity index (χ4v) is 4.38. The van der Waals surface area contributed by atoms with E-state index in [2.05, 4.69) is 4.72 Å². The summed E-state index contributed by atoms with van der Waals surface area (Å²) < 4.78 is 40.5. The second-order valence-electron chi connectivity index (χ2n) is 4.43. The van der Waals surface area contributed by atoms with Gasteiger partial charge in [0, 0.05) is 16.3 Å². The quantitative estimate of drug-likeness (QED) is 0.911. The molecule has 0 unspecified atom stereocenters. The molecule has 7 heteroatoms. The maximum Gasteiger partial charge on any atom is 0.263 e. The van der Waals surface area contributed by atoms with Crippen molar-refractivity contribution in [3.63, 3.8) is 0 Å². The molecule has 0 aliphatic rings. The summed E-state index contributed by atoms with van der Waals surface area (Å²) in [4.78, 5) is 1.54. The molecule has 0 atom stereocenters. The zero-order valence-electron chi connectivity index (χ0n) is 11.1. The van der Waals surface area contributed by atoms with E-state index >= 15 is 0 Å². The van der Waals surface area contributed by atoms with Crippen molar-refractivity contribution >= 4 is 27.0 Å². The SMILES string of the molecule is Cc1ccc(NS(=O)(=O)c2cc(CN)sc2C)c(F)c1. The molecule has 108 valence electrons. The lowest BCUT2D eigenvalue weighted by Crippen LogP contribution is -2.14.